The molecule has 1 rings (SSSR count). The van der Waals surface area contributed by atoms with Gasteiger partial charge in [0, 0.05) is 12.8 Å². The third-order valence-electron chi connectivity index (χ3n) is 3.74. The molecule has 2 nitrogen and oxygen atoms in total. The molecule has 0 N–H and O–H groups in total. The number of rotatable bonds is 10. The lowest BCUT2D eigenvalue weighted by Crippen LogP contribution is -2.10. The van der Waals surface area contributed by atoms with Crippen molar-refractivity contribution in [2.45, 2.75) is 71.8 Å². The van der Waals surface area contributed by atoms with Crippen LogP contribution in [0.5, 0.6) is 5.75 Å². The van der Waals surface area contributed by atoms with Gasteiger partial charge < -0.3 is 4.74 Å². The second-order valence-electron chi connectivity index (χ2n) is 5.52. The van der Waals surface area contributed by atoms with Gasteiger partial charge in [0.2, 0.25) is 0 Å². The molecular weight excluding hydrogens is 284 g/mol. The number of Topliss-reactive ketones (excluding diaryl/α,β-unsaturated/α-hetero) is 1. The van der Waals surface area contributed by atoms with Gasteiger partial charge in [-0.2, -0.15) is 0 Å². The Morgan fingerprint density at radius 1 is 1.24 bits per heavy atom. The maximum atomic E-state index is 11.2. The molecule has 0 fully saturated rings. The third-order valence-corrected chi connectivity index (χ3v) is 4.17. The standard InChI is InChI=1S/C18H27ClO2/c1-4-14(3)21-17-13-9-11-15(18(17)19)10-7-6-8-12-16(20)5-2/h9,11,13-14H,4-8,10,12H2,1-3H3/t14-/m1/s1. The maximum Gasteiger partial charge on any atom is 0.138 e. The van der Waals surface area contributed by atoms with Crippen LogP contribution in [0.25, 0.3) is 0 Å². The smallest absolute Gasteiger partial charge is 0.138 e. The summed E-state index contributed by atoms with van der Waals surface area (Å²) in [6, 6.07) is 5.99. The zero-order chi connectivity index (χ0) is 15.7. The molecule has 0 aliphatic heterocycles. The molecule has 0 unspecified atom stereocenters. The first kappa shape index (κ1) is 18.0. The van der Waals surface area contributed by atoms with Crippen molar-refractivity contribution in [3.05, 3.63) is 28.8 Å². The van der Waals surface area contributed by atoms with Gasteiger partial charge in [0.15, 0.2) is 0 Å². The van der Waals surface area contributed by atoms with Gasteiger partial charge in [-0.15, -0.1) is 0 Å². The molecule has 118 valence electrons. The zero-order valence-electron chi connectivity index (χ0n) is 13.5. The molecule has 3 heteroatoms. The minimum Gasteiger partial charge on any atom is -0.489 e. The van der Waals surface area contributed by atoms with Crippen LogP contribution in [-0.2, 0) is 11.2 Å². The number of hydrogen-bond acceptors (Lipinski definition) is 2. The van der Waals surface area contributed by atoms with Crippen LogP contribution in [0.1, 0.15) is 64.9 Å². The third kappa shape index (κ3) is 6.52. The Hall–Kier alpha value is -1.02. The number of hydrogen-bond donors (Lipinski definition) is 0. The van der Waals surface area contributed by atoms with E-state index < -0.39 is 0 Å². The first-order valence-corrected chi connectivity index (χ1v) is 8.42. The Balaban J connectivity index is 2.45. The number of carbonyl (C=O) groups is 1. The predicted octanol–water partition coefficient (Wildman–Crippen LogP) is 5.60. The van der Waals surface area contributed by atoms with E-state index in [9.17, 15) is 4.79 Å². The minimum atomic E-state index is 0.179. The van der Waals surface area contributed by atoms with Crippen LogP contribution in [0.3, 0.4) is 0 Å². The van der Waals surface area contributed by atoms with Crippen molar-refractivity contribution in [3.8, 4) is 5.75 Å². The van der Waals surface area contributed by atoms with Crippen molar-refractivity contribution < 1.29 is 9.53 Å². The average molecular weight is 311 g/mol. The van der Waals surface area contributed by atoms with Gasteiger partial charge in [0.25, 0.3) is 0 Å². The number of benzene rings is 1. The second kappa shape index (κ2) is 9.83. The maximum absolute atomic E-state index is 11.2. The van der Waals surface area contributed by atoms with Crippen LogP contribution in [0.2, 0.25) is 5.02 Å². The fourth-order valence-electron chi connectivity index (χ4n) is 2.13. The van der Waals surface area contributed by atoms with Crippen molar-refractivity contribution in [3.63, 3.8) is 0 Å². The van der Waals surface area contributed by atoms with E-state index in [1.807, 2.05) is 26.0 Å². The summed E-state index contributed by atoms with van der Waals surface area (Å²) < 4.78 is 5.83. The molecule has 1 atom stereocenters. The van der Waals surface area contributed by atoms with E-state index in [1.165, 1.54) is 0 Å². The largest absolute Gasteiger partial charge is 0.489 e. The van der Waals surface area contributed by atoms with Crippen LogP contribution in [0.4, 0.5) is 0 Å². The lowest BCUT2D eigenvalue weighted by Gasteiger charge is -2.15. The highest BCUT2D eigenvalue weighted by Crippen LogP contribution is 2.30. The molecule has 0 saturated carbocycles. The van der Waals surface area contributed by atoms with E-state index in [0.717, 1.165) is 48.4 Å². The summed E-state index contributed by atoms with van der Waals surface area (Å²) in [4.78, 5) is 11.2. The topological polar surface area (TPSA) is 26.3 Å². The van der Waals surface area contributed by atoms with Gasteiger partial charge in [0.05, 0.1) is 11.1 Å². The number of carbonyl (C=O) groups excluding carboxylic acids is 1. The molecule has 1 aromatic rings. The molecule has 0 amide bonds. The van der Waals surface area contributed by atoms with Gasteiger partial charge in [-0.3, -0.25) is 4.79 Å². The Labute approximate surface area is 133 Å². The molecule has 0 bridgehead atoms. The Kier molecular flexibility index (Phi) is 8.44. The Morgan fingerprint density at radius 3 is 2.67 bits per heavy atom. The highest BCUT2D eigenvalue weighted by atomic mass is 35.5. The summed E-state index contributed by atoms with van der Waals surface area (Å²) in [5.74, 6) is 1.14. The van der Waals surface area contributed by atoms with Crippen LogP contribution in [0.15, 0.2) is 18.2 Å². The molecule has 0 heterocycles. The quantitative estimate of drug-likeness (QED) is 0.526. The first-order chi connectivity index (χ1) is 10.1. The molecule has 0 spiro atoms. The van der Waals surface area contributed by atoms with E-state index in [-0.39, 0.29) is 6.10 Å². The number of unbranched alkanes of at least 4 members (excludes halogenated alkanes) is 2. The fraction of sp³-hybridized carbons (Fsp3) is 0.611. The van der Waals surface area contributed by atoms with Gasteiger partial charge >= 0.3 is 0 Å². The van der Waals surface area contributed by atoms with Gasteiger partial charge in [-0.25, -0.2) is 0 Å². The fourth-order valence-corrected chi connectivity index (χ4v) is 2.40. The van der Waals surface area contributed by atoms with Crippen LogP contribution in [-0.4, -0.2) is 11.9 Å². The lowest BCUT2D eigenvalue weighted by atomic mass is 10.0. The van der Waals surface area contributed by atoms with E-state index >= 15 is 0 Å². The Morgan fingerprint density at radius 2 is 2.00 bits per heavy atom. The van der Waals surface area contributed by atoms with Crippen LogP contribution >= 0.6 is 11.6 Å². The molecular formula is C18H27ClO2. The van der Waals surface area contributed by atoms with Crippen LogP contribution < -0.4 is 4.74 Å². The predicted molar refractivity (Wildman–Crippen MR) is 89.3 cm³/mol. The van der Waals surface area contributed by atoms with Crippen molar-refractivity contribution in [2.24, 2.45) is 0 Å². The average Bonchev–Trinajstić information content (AvgIpc) is 2.49. The first-order valence-electron chi connectivity index (χ1n) is 8.04. The van der Waals surface area contributed by atoms with E-state index in [2.05, 4.69) is 13.0 Å². The van der Waals surface area contributed by atoms with Gasteiger partial charge in [-0.1, -0.05) is 44.0 Å². The van der Waals surface area contributed by atoms with Crippen molar-refractivity contribution >= 4 is 17.4 Å². The molecule has 1 aromatic carbocycles. The summed E-state index contributed by atoms with van der Waals surface area (Å²) in [7, 11) is 0. The Bertz CT molecular complexity index is 443. The number of halogens is 1. The molecule has 0 aromatic heterocycles. The van der Waals surface area contributed by atoms with E-state index in [0.29, 0.717) is 18.6 Å². The lowest BCUT2D eigenvalue weighted by molar-refractivity contribution is -0.118. The summed E-state index contributed by atoms with van der Waals surface area (Å²) >= 11 is 6.42. The summed E-state index contributed by atoms with van der Waals surface area (Å²) in [5, 5.41) is 0.738. The van der Waals surface area contributed by atoms with Crippen molar-refractivity contribution in [1.29, 1.82) is 0 Å². The SMILES string of the molecule is CCC(=O)CCCCCc1cccc(O[C@H](C)CC)c1Cl. The summed E-state index contributed by atoms with van der Waals surface area (Å²) in [6.45, 7) is 6.07. The van der Waals surface area contributed by atoms with Gasteiger partial charge in [0.1, 0.15) is 11.5 Å². The van der Waals surface area contributed by atoms with Crippen LogP contribution in [0, 0.1) is 0 Å². The highest BCUT2D eigenvalue weighted by Gasteiger charge is 2.09. The van der Waals surface area contributed by atoms with E-state index in [4.69, 9.17) is 16.3 Å². The summed E-state index contributed by atoms with van der Waals surface area (Å²) in [5.41, 5.74) is 1.14. The van der Waals surface area contributed by atoms with Crippen molar-refractivity contribution in [2.75, 3.05) is 0 Å². The van der Waals surface area contributed by atoms with E-state index in [1.54, 1.807) is 0 Å². The monoisotopic (exact) mass is 310 g/mol. The minimum absolute atomic E-state index is 0.179. The normalized spacial score (nSPS) is 12.2. The molecule has 0 saturated heterocycles. The molecule has 0 radical (unpaired) electrons. The number of aryl methyl sites for hydroxylation is 1. The molecule has 0 aliphatic carbocycles. The number of ketones is 1. The second-order valence-corrected chi connectivity index (χ2v) is 5.90. The highest BCUT2D eigenvalue weighted by molar-refractivity contribution is 6.32. The summed E-state index contributed by atoms with van der Waals surface area (Å²) in [6.07, 6.45) is 6.55. The zero-order valence-corrected chi connectivity index (χ0v) is 14.2. The molecule has 21 heavy (non-hydrogen) atoms. The van der Waals surface area contributed by atoms with Gasteiger partial charge in [-0.05, 0) is 44.2 Å². The molecule has 0 aliphatic rings. The van der Waals surface area contributed by atoms with Crippen molar-refractivity contribution in [1.82, 2.24) is 0 Å². The number of ether oxygens (including phenoxy) is 1.